The summed E-state index contributed by atoms with van der Waals surface area (Å²) in [6, 6.07) is 7.09. The van der Waals surface area contributed by atoms with E-state index in [9.17, 15) is 14.4 Å². The number of anilines is 1. The van der Waals surface area contributed by atoms with Crippen LogP contribution < -0.4 is 10.6 Å². The number of benzene rings is 1. The van der Waals surface area contributed by atoms with E-state index in [1.807, 2.05) is 24.0 Å². The number of likely N-dealkylation sites (tertiary alicyclic amines) is 1. The van der Waals surface area contributed by atoms with Gasteiger partial charge in [-0.15, -0.1) is 0 Å². The van der Waals surface area contributed by atoms with Crippen molar-refractivity contribution in [2.24, 2.45) is 0 Å². The van der Waals surface area contributed by atoms with Crippen LogP contribution in [-0.4, -0.2) is 52.2 Å². The molecule has 3 amide bonds. The highest BCUT2D eigenvalue weighted by atomic mass is 16.2. The number of nitrogens with one attached hydrogen (secondary N) is 2. The SMILES string of the molecule is Cc1ccc(C(=O)Nc2nccnc2C(=O)NCCCN2CCCC2=O)cc1. The van der Waals surface area contributed by atoms with E-state index < -0.39 is 5.91 Å². The van der Waals surface area contributed by atoms with E-state index in [2.05, 4.69) is 20.6 Å². The molecular weight excluding hydrogens is 358 g/mol. The van der Waals surface area contributed by atoms with Gasteiger partial charge in [0.2, 0.25) is 5.91 Å². The second kappa shape index (κ2) is 9.07. The van der Waals surface area contributed by atoms with Crippen LogP contribution in [0.15, 0.2) is 36.7 Å². The van der Waals surface area contributed by atoms with Gasteiger partial charge >= 0.3 is 0 Å². The minimum atomic E-state index is -0.417. The van der Waals surface area contributed by atoms with Crippen molar-refractivity contribution in [2.75, 3.05) is 25.0 Å². The van der Waals surface area contributed by atoms with Gasteiger partial charge in [0.15, 0.2) is 11.5 Å². The zero-order valence-electron chi connectivity index (χ0n) is 15.8. The van der Waals surface area contributed by atoms with E-state index >= 15 is 0 Å². The first kappa shape index (κ1) is 19.5. The Morgan fingerprint density at radius 3 is 2.57 bits per heavy atom. The van der Waals surface area contributed by atoms with Gasteiger partial charge in [-0.2, -0.15) is 0 Å². The molecule has 0 saturated carbocycles. The Hall–Kier alpha value is -3.29. The summed E-state index contributed by atoms with van der Waals surface area (Å²) in [5, 5.41) is 5.41. The molecule has 2 N–H and O–H groups in total. The molecule has 0 unspecified atom stereocenters. The lowest BCUT2D eigenvalue weighted by molar-refractivity contribution is -0.127. The second-order valence-corrected chi connectivity index (χ2v) is 6.67. The summed E-state index contributed by atoms with van der Waals surface area (Å²) in [4.78, 5) is 46.4. The second-order valence-electron chi connectivity index (χ2n) is 6.67. The summed E-state index contributed by atoms with van der Waals surface area (Å²) < 4.78 is 0. The van der Waals surface area contributed by atoms with Crippen molar-refractivity contribution in [3.63, 3.8) is 0 Å². The Morgan fingerprint density at radius 1 is 1.11 bits per heavy atom. The predicted octanol–water partition coefficient (Wildman–Crippen LogP) is 1.78. The molecule has 1 fully saturated rings. The normalized spacial score (nSPS) is 13.5. The van der Waals surface area contributed by atoms with Crippen LogP contribution in [0.1, 0.15) is 45.7 Å². The Kier molecular flexibility index (Phi) is 6.31. The van der Waals surface area contributed by atoms with Crippen molar-refractivity contribution < 1.29 is 14.4 Å². The molecule has 1 aromatic carbocycles. The number of aryl methyl sites for hydroxylation is 1. The minimum Gasteiger partial charge on any atom is -0.351 e. The highest BCUT2D eigenvalue weighted by Gasteiger charge is 2.20. The average Bonchev–Trinajstić information content (AvgIpc) is 3.11. The van der Waals surface area contributed by atoms with Gasteiger partial charge in [-0.25, -0.2) is 9.97 Å². The van der Waals surface area contributed by atoms with Gasteiger partial charge in [-0.3, -0.25) is 14.4 Å². The number of carbonyl (C=O) groups excluding carboxylic acids is 3. The van der Waals surface area contributed by atoms with Crippen LogP contribution >= 0.6 is 0 Å². The van der Waals surface area contributed by atoms with Crippen molar-refractivity contribution in [1.29, 1.82) is 0 Å². The quantitative estimate of drug-likeness (QED) is 0.712. The van der Waals surface area contributed by atoms with Crippen molar-refractivity contribution in [2.45, 2.75) is 26.2 Å². The van der Waals surface area contributed by atoms with Crippen LogP contribution in [0.3, 0.4) is 0 Å². The van der Waals surface area contributed by atoms with Crippen molar-refractivity contribution >= 4 is 23.5 Å². The Balaban J connectivity index is 1.56. The van der Waals surface area contributed by atoms with E-state index in [-0.39, 0.29) is 23.3 Å². The molecule has 28 heavy (non-hydrogen) atoms. The average molecular weight is 381 g/mol. The first-order valence-electron chi connectivity index (χ1n) is 9.29. The van der Waals surface area contributed by atoms with E-state index in [0.717, 1.165) is 18.5 Å². The van der Waals surface area contributed by atoms with Gasteiger partial charge in [0.25, 0.3) is 11.8 Å². The summed E-state index contributed by atoms with van der Waals surface area (Å²) in [6.07, 6.45) is 4.98. The number of carbonyl (C=O) groups is 3. The summed E-state index contributed by atoms with van der Waals surface area (Å²) in [6.45, 7) is 3.75. The first-order chi connectivity index (χ1) is 13.5. The predicted molar refractivity (Wildman–Crippen MR) is 104 cm³/mol. The first-order valence-corrected chi connectivity index (χ1v) is 9.29. The summed E-state index contributed by atoms with van der Waals surface area (Å²) in [5.74, 6) is -0.496. The summed E-state index contributed by atoms with van der Waals surface area (Å²) in [7, 11) is 0. The molecule has 0 bridgehead atoms. The largest absolute Gasteiger partial charge is 0.351 e. The molecule has 1 saturated heterocycles. The van der Waals surface area contributed by atoms with E-state index in [0.29, 0.717) is 31.5 Å². The summed E-state index contributed by atoms with van der Waals surface area (Å²) in [5.41, 5.74) is 1.57. The van der Waals surface area contributed by atoms with Crippen molar-refractivity contribution in [3.05, 3.63) is 53.5 Å². The maximum absolute atomic E-state index is 12.4. The third kappa shape index (κ3) is 4.91. The van der Waals surface area contributed by atoms with Crippen LogP contribution in [-0.2, 0) is 4.79 Å². The topological polar surface area (TPSA) is 104 Å². The van der Waals surface area contributed by atoms with E-state index in [1.54, 1.807) is 12.1 Å². The molecule has 0 atom stereocenters. The van der Waals surface area contributed by atoms with Gasteiger partial charge in [-0.1, -0.05) is 17.7 Å². The molecule has 2 aromatic rings. The molecule has 2 heterocycles. The van der Waals surface area contributed by atoms with Crippen LogP contribution in [0.5, 0.6) is 0 Å². The van der Waals surface area contributed by atoms with Gasteiger partial charge in [-0.05, 0) is 31.9 Å². The minimum absolute atomic E-state index is 0.0558. The van der Waals surface area contributed by atoms with Crippen LogP contribution in [0.4, 0.5) is 5.82 Å². The molecule has 1 aliphatic heterocycles. The Labute approximate surface area is 163 Å². The third-order valence-corrected chi connectivity index (χ3v) is 4.52. The van der Waals surface area contributed by atoms with Crippen LogP contribution in [0.2, 0.25) is 0 Å². The Morgan fingerprint density at radius 2 is 1.86 bits per heavy atom. The molecule has 3 rings (SSSR count). The molecule has 146 valence electrons. The monoisotopic (exact) mass is 381 g/mol. The standard InChI is InChI=1S/C20H23N5O3/c1-14-5-7-15(8-6-14)19(27)24-18-17(21-10-11-22-18)20(28)23-9-3-13-25-12-2-4-16(25)26/h5-8,10-11H,2-4,9,12-13H2,1H3,(H,23,28)(H,22,24,27). The van der Waals surface area contributed by atoms with Gasteiger partial charge in [0.1, 0.15) is 0 Å². The zero-order chi connectivity index (χ0) is 19.9. The number of aromatic nitrogens is 2. The van der Waals surface area contributed by atoms with Crippen molar-refractivity contribution in [3.8, 4) is 0 Å². The molecule has 8 nitrogen and oxygen atoms in total. The number of nitrogens with zero attached hydrogens (tertiary/aromatic N) is 3. The molecule has 1 aliphatic rings. The zero-order valence-corrected chi connectivity index (χ0v) is 15.8. The third-order valence-electron chi connectivity index (χ3n) is 4.52. The smallest absolute Gasteiger partial charge is 0.273 e. The molecule has 8 heteroatoms. The molecular formula is C20H23N5O3. The number of amides is 3. The Bertz CT molecular complexity index is 866. The fourth-order valence-corrected chi connectivity index (χ4v) is 2.98. The fourth-order valence-electron chi connectivity index (χ4n) is 2.98. The lowest BCUT2D eigenvalue weighted by Gasteiger charge is -2.15. The lowest BCUT2D eigenvalue weighted by atomic mass is 10.1. The summed E-state index contributed by atoms with van der Waals surface area (Å²) >= 11 is 0. The molecule has 0 spiro atoms. The van der Waals surface area contributed by atoms with Gasteiger partial charge in [0, 0.05) is 44.0 Å². The molecule has 0 radical (unpaired) electrons. The fraction of sp³-hybridized carbons (Fsp3) is 0.350. The number of rotatable bonds is 7. The lowest BCUT2D eigenvalue weighted by Crippen LogP contribution is -2.31. The molecule has 0 aliphatic carbocycles. The maximum Gasteiger partial charge on any atom is 0.273 e. The van der Waals surface area contributed by atoms with Crippen LogP contribution in [0, 0.1) is 6.92 Å². The van der Waals surface area contributed by atoms with Gasteiger partial charge < -0.3 is 15.5 Å². The van der Waals surface area contributed by atoms with E-state index in [4.69, 9.17) is 0 Å². The highest BCUT2D eigenvalue weighted by molar-refractivity contribution is 6.07. The molecule has 1 aromatic heterocycles. The maximum atomic E-state index is 12.4. The number of hydrogen-bond donors (Lipinski definition) is 2. The van der Waals surface area contributed by atoms with Gasteiger partial charge in [0.05, 0.1) is 0 Å². The number of hydrogen-bond acceptors (Lipinski definition) is 5. The highest BCUT2D eigenvalue weighted by Crippen LogP contribution is 2.12. The van der Waals surface area contributed by atoms with Crippen LogP contribution in [0.25, 0.3) is 0 Å². The van der Waals surface area contributed by atoms with Crippen molar-refractivity contribution in [1.82, 2.24) is 20.2 Å². The van der Waals surface area contributed by atoms with E-state index in [1.165, 1.54) is 12.4 Å².